The number of pyridine rings is 1. The van der Waals surface area contributed by atoms with Gasteiger partial charge in [0.15, 0.2) is 11.6 Å². The van der Waals surface area contributed by atoms with E-state index in [4.69, 9.17) is 4.74 Å². The van der Waals surface area contributed by atoms with Gasteiger partial charge in [-0.1, -0.05) is 6.07 Å². The third-order valence-electron chi connectivity index (χ3n) is 2.99. The molecule has 2 rings (SSSR count). The van der Waals surface area contributed by atoms with Crippen molar-refractivity contribution in [1.29, 1.82) is 0 Å². The lowest BCUT2D eigenvalue weighted by Crippen LogP contribution is -2.24. The van der Waals surface area contributed by atoms with Crippen LogP contribution in [0.1, 0.15) is 12.6 Å². The highest BCUT2D eigenvalue weighted by molar-refractivity contribution is 5.64. The Bertz CT molecular complexity index is 547. The summed E-state index contributed by atoms with van der Waals surface area (Å²) >= 11 is 0. The Morgan fingerprint density at radius 2 is 2.10 bits per heavy atom. The molecule has 0 aliphatic rings. The zero-order valence-corrected chi connectivity index (χ0v) is 12.0. The van der Waals surface area contributed by atoms with Crippen molar-refractivity contribution in [3.8, 4) is 5.75 Å². The van der Waals surface area contributed by atoms with Crippen LogP contribution in [0.2, 0.25) is 0 Å². The minimum atomic E-state index is 0.646. The molecule has 0 amide bonds. The highest BCUT2D eigenvalue weighted by Crippen LogP contribution is 2.32. The van der Waals surface area contributed by atoms with Gasteiger partial charge in [0.1, 0.15) is 6.33 Å². The maximum Gasteiger partial charge on any atom is 0.204 e. The van der Waals surface area contributed by atoms with E-state index in [1.54, 1.807) is 13.3 Å². The average molecular weight is 273 g/mol. The standard InChI is InChI=1S/C14H19N5O/c1-4-19(9-11-7-5-6-8-16-11)14-12(20-3)13(15-2)17-10-18-14/h5-8,10H,4,9H2,1-3H3,(H,15,17,18). The number of rotatable bonds is 6. The number of aromatic nitrogens is 3. The fraction of sp³-hybridized carbons (Fsp3) is 0.357. The number of nitrogens with one attached hydrogen (secondary N) is 1. The Balaban J connectivity index is 2.32. The van der Waals surface area contributed by atoms with E-state index in [9.17, 15) is 0 Å². The smallest absolute Gasteiger partial charge is 0.204 e. The van der Waals surface area contributed by atoms with Gasteiger partial charge < -0.3 is 15.0 Å². The second kappa shape index (κ2) is 6.70. The SMILES string of the molecule is CCN(Cc1ccccn1)c1ncnc(NC)c1OC. The molecule has 0 fully saturated rings. The van der Waals surface area contributed by atoms with Crippen molar-refractivity contribution in [3.63, 3.8) is 0 Å². The second-order valence-electron chi connectivity index (χ2n) is 4.16. The van der Waals surface area contributed by atoms with Crippen molar-refractivity contribution < 1.29 is 4.74 Å². The molecule has 0 atom stereocenters. The number of methoxy groups -OCH3 is 1. The van der Waals surface area contributed by atoms with E-state index in [1.807, 2.05) is 25.2 Å². The monoisotopic (exact) mass is 273 g/mol. The molecule has 6 heteroatoms. The summed E-state index contributed by atoms with van der Waals surface area (Å²) in [6.45, 7) is 3.55. The Hall–Kier alpha value is -2.37. The highest BCUT2D eigenvalue weighted by Gasteiger charge is 2.17. The lowest BCUT2D eigenvalue weighted by atomic mass is 10.3. The van der Waals surface area contributed by atoms with Crippen LogP contribution in [0.4, 0.5) is 11.6 Å². The summed E-state index contributed by atoms with van der Waals surface area (Å²) in [5, 5.41) is 3.01. The van der Waals surface area contributed by atoms with Crippen molar-refractivity contribution in [3.05, 3.63) is 36.4 Å². The average Bonchev–Trinajstić information content (AvgIpc) is 2.52. The van der Waals surface area contributed by atoms with Crippen LogP contribution in [0.5, 0.6) is 5.75 Å². The van der Waals surface area contributed by atoms with Crippen LogP contribution < -0.4 is 15.0 Å². The number of nitrogens with zero attached hydrogens (tertiary/aromatic N) is 4. The quantitative estimate of drug-likeness (QED) is 0.868. The van der Waals surface area contributed by atoms with Crippen LogP contribution in [-0.2, 0) is 6.54 Å². The number of hydrogen-bond acceptors (Lipinski definition) is 6. The van der Waals surface area contributed by atoms with Crippen LogP contribution in [0, 0.1) is 0 Å². The van der Waals surface area contributed by atoms with E-state index < -0.39 is 0 Å². The van der Waals surface area contributed by atoms with Gasteiger partial charge >= 0.3 is 0 Å². The lowest BCUT2D eigenvalue weighted by Gasteiger charge is -2.24. The second-order valence-corrected chi connectivity index (χ2v) is 4.16. The van der Waals surface area contributed by atoms with Gasteiger partial charge in [-0.3, -0.25) is 4.98 Å². The fourth-order valence-corrected chi connectivity index (χ4v) is 1.98. The summed E-state index contributed by atoms with van der Waals surface area (Å²) in [6, 6.07) is 5.88. The molecule has 2 aromatic rings. The molecule has 106 valence electrons. The van der Waals surface area contributed by atoms with Crippen molar-refractivity contribution in [2.45, 2.75) is 13.5 Å². The van der Waals surface area contributed by atoms with Crippen LogP contribution in [0.15, 0.2) is 30.7 Å². The first-order valence-electron chi connectivity index (χ1n) is 6.51. The van der Waals surface area contributed by atoms with Crippen LogP contribution in [0.3, 0.4) is 0 Å². The van der Waals surface area contributed by atoms with Gasteiger partial charge in [0.2, 0.25) is 5.75 Å². The minimum Gasteiger partial charge on any atom is -0.490 e. The van der Waals surface area contributed by atoms with Gasteiger partial charge in [0.05, 0.1) is 19.3 Å². The molecule has 0 radical (unpaired) electrons. The van der Waals surface area contributed by atoms with Crippen molar-refractivity contribution >= 4 is 11.6 Å². The summed E-state index contributed by atoms with van der Waals surface area (Å²) < 4.78 is 5.44. The lowest BCUT2D eigenvalue weighted by molar-refractivity contribution is 0.412. The molecule has 0 unspecified atom stereocenters. The van der Waals surface area contributed by atoms with Gasteiger partial charge in [-0.2, -0.15) is 0 Å². The van der Waals surface area contributed by atoms with E-state index in [2.05, 4.69) is 32.1 Å². The summed E-state index contributed by atoms with van der Waals surface area (Å²) in [7, 11) is 3.43. The first-order chi connectivity index (χ1) is 9.80. The van der Waals surface area contributed by atoms with Crippen LogP contribution in [0.25, 0.3) is 0 Å². The third-order valence-corrected chi connectivity index (χ3v) is 2.99. The van der Waals surface area contributed by atoms with Crippen LogP contribution in [-0.4, -0.2) is 35.7 Å². The topological polar surface area (TPSA) is 63.2 Å². The molecular weight excluding hydrogens is 254 g/mol. The molecule has 20 heavy (non-hydrogen) atoms. The van der Waals surface area contributed by atoms with E-state index in [0.717, 1.165) is 18.1 Å². The molecule has 0 aliphatic heterocycles. The zero-order valence-electron chi connectivity index (χ0n) is 12.0. The van der Waals surface area contributed by atoms with E-state index in [1.165, 1.54) is 6.33 Å². The van der Waals surface area contributed by atoms with Gasteiger partial charge in [-0.05, 0) is 19.1 Å². The first-order valence-corrected chi connectivity index (χ1v) is 6.51. The Kier molecular flexibility index (Phi) is 4.70. The normalized spacial score (nSPS) is 10.2. The summed E-state index contributed by atoms with van der Waals surface area (Å²) in [5.41, 5.74) is 0.987. The molecule has 0 bridgehead atoms. The van der Waals surface area contributed by atoms with Gasteiger partial charge in [0, 0.05) is 19.8 Å². The molecule has 1 N–H and O–H groups in total. The van der Waals surface area contributed by atoms with Gasteiger partial charge in [-0.15, -0.1) is 0 Å². The largest absolute Gasteiger partial charge is 0.490 e. The van der Waals surface area contributed by atoms with Crippen LogP contribution >= 0.6 is 0 Å². The number of hydrogen-bond donors (Lipinski definition) is 1. The van der Waals surface area contributed by atoms with Gasteiger partial charge in [0.25, 0.3) is 0 Å². The highest BCUT2D eigenvalue weighted by atomic mass is 16.5. The zero-order chi connectivity index (χ0) is 14.4. The van der Waals surface area contributed by atoms with Crippen molar-refractivity contribution in [2.75, 3.05) is 30.9 Å². The summed E-state index contributed by atoms with van der Waals surface area (Å²) in [5.74, 6) is 2.09. The molecule has 0 aromatic carbocycles. The molecule has 0 saturated carbocycles. The summed E-state index contributed by atoms with van der Waals surface area (Å²) in [6.07, 6.45) is 3.32. The molecule has 0 saturated heterocycles. The van der Waals surface area contributed by atoms with E-state index in [-0.39, 0.29) is 0 Å². The van der Waals surface area contributed by atoms with Crippen molar-refractivity contribution in [1.82, 2.24) is 15.0 Å². The number of ether oxygens (including phenoxy) is 1. The maximum atomic E-state index is 5.44. The van der Waals surface area contributed by atoms with E-state index >= 15 is 0 Å². The fourth-order valence-electron chi connectivity index (χ4n) is 1.98. The Morgan fingerprint density at radius 3 is 2.70 bits per heavy atom. The number of anilines is 2. The molecule has 0 spiro atoms. The van der Waals surface area contributed by atoms with Gasteiger partial charge in [-0.25, -0.2) is 9.97 Å². The minimum absolute atomic E-state index is 0.646. The predicted octanol–water partition coefficient (Wildman–Crippen LogP) is 1.95. The molecule has 6 nitrogen and oxygen atoms in total. The molecule has 2 aromatic heterocycles. The maximum absolute atomic E-state index is 5.44. The van der Waals surface area contributed by atoms with E-state index in [0.29, 0.717) is 18.1 Å². The molecule has 0 aliphatic carbocycles. The summed E-state index contributed by atoms with van der Waals surface area (Å²) in [4.78, 5) is 15.0. The predicted molar refractivity (Wildman–Crippen MR) is 79.1 cm³/mol. The molecular formula is C14H19N5O. The molecule has 2 heterocycles. The Morgan fingerprint density at radius 1 is 1.25 bits per heavy atom. The van der Waals surface area contributed by atoms with Crippen molar-refractivity contribution in [2.24, 2.45) is 0 Å². The first kappa shape index (κ1) is 14.0. The Labute approximate surface area is 118 Å². The third kappa shape index (κ3) is 2.96.